The third-order valence-electron chi connectivity index (χ3n) is 3.95. The van der Waals surface area contributed by atoms with Crippen LogP contribution in [0.15, 0.2) is 35.7 Å². The van der Waals surface area contributed by atoms with Gasteiger partial charge in [0.15, 0.2) is 0 Å². The molecule has 5 nitrogen and oxygen atoms in total. The first-order valence-electron chi connectivity index (χ1n) is 8.14. The Bertz CT molecular complexity index is 659. The lowest BCUT2D eigenvalue weighted by Crippen LogP contribution is -2.50. The summed E-state index contributed by atoms with van der Waals surface area (Å²) in [5.41, 5.74) is 1.94. The molecule has 0 spiro atoms. The zero-order chi connectivity index (χ0) is 16.8. The number of aromatic nitrogens is 1. The van der Waals surface area contributed by atoms with E-state index in [-0.39, 0.29) is 18.1 Å². The predicted octanol–water partition coefficient (Wildman–Crippen LogP) is 2.48. The molecule has 0 aliphatic carbocycles. The molecule has 2 atom stereocenters. The summed E-state index contributed by atoms with van der Waals surface area (Å²) in [5, 5.41) is 5.94. The van der Waals surface area contributed by atoms with Crippen molar-refractivity contribution in [3.63, 3.8) is 0 Å². The van der Waals surface area contributed by atoms with Crippen LogP contribution in [0.4, 0.5) is 0 Å². The van der Waals surface area contributed by atoms with Crippen molar-refractivity contribution in [1.29, 1.82) is 0 Å². The van der Waals surface area contributed by atoms with Gasteiger partial charge in [-0.05, 0) is 18.9 Å². The quantitative estimate of drug-likeness (QED) is 0.873. The summed E-state index contributed by atoms with van der Waals surface area (Å²) in [4.78, 5) is 16.6. The summed E-state index contributed by atoms with van der Waals surface area (Å²) in [6, 6.07) is 9.95. The van der Waals surface area contributed by atoms with Gasteiger partial charge in [0, 0.05) is 12.0 Å². The van der Waals surface area contributed by atoms with E-state index >= 15 is 0 Å². The van der Waals surface area contributed by atoms with E-state index in [4.69, 9.17) is 9.47 Å². The predicted molar refractivity (Wildman–Crippen MR) is 92.9 cm³/mol. The highest BCUT2D eigenvalue weighted by Gasteiger charge is 2.28. The molecule has 1 fully saturated rings. The Kier molecular flexibility index (Phi) is 5.96. The second-order valence-electron chi connectivity index (χ2n) is 5.91. The molecule has 0 saturated carbocycles. The lowest BCUT2D eigenvalue weighted by molar-refractivity contribution is -0.125. The van der Waals surface area contributed by atoms with Crippen molar-refractivity contribution in [3.8, 4) is 0 Å². The maximum atomic E-state index is 12.3. The molecule has 1 aromatic carbocycles. The normalized spacial score (nSPS) is 20.7. The van der Waals surface area contributed by atoms with Gasteiger partial charge in [-0.2, -0.15) is 0 Å². The van der Waals surface area contributed by atoms with E-state index in [1.54, 1.807) is 11.3 Å². The maximum Gasteiger partial charge on any atom is 0.226 e. The molecule has 1 aliphatic heterocycles. The van der Waals surface area contributed by atoms with Crippen LogP contribution >= 0.6 is 11.3 Å². The molecule has 1 aliphatic rings. The first kappa shape index (κ1) is 17.1. The van der Waals surface area contributed by atoms with E-state index in [1.807, 2.05) is 42.6 Å². The smallest absolute Gasteiger partial charge is 0.226 e. The molecule has 2 aromatic rings. The Balaban J connectivity index is 1.52. The number of aryl methyl sites for hydroxylation is 1. The van der Waals surface area contributed by atoms with E-state index in [1.165, 1.54) is 0 Å². The number of amides is 1. The molecule has 1 aromatic heterocycles. The second kappa shape index (κ2) is 8.37. The van der Waals surface area contributed by atoms with Gasteiger partial charge in [-0.1, -0.05) is 30.3 Å². The Morgan fingerprint density at radius 3 is 3.00 bits per heavy atom. The first-order valence-corrected chi connectivity index (χ1v) is 9.02. The van der Waals surface area contributed by atoms with Crippen LogP contribution < -0.4 is 5.32 Å². The van der Waals surface area contributed by atoms with E-state index in [0.717, 1.165) is 22.7 Å². The highest BCUT2D eigenvalue weighted by Crippen LogP contribution is 2.15. The van der Waals surface area contributed by atoms with Gasteiger partial charge in [0.05, 0.1) is 42.5 Å². The molecule has 2 heterocycles. The monoisotopic (exact) mass is 346 g/mol. The van der Waals surface area contributed by atoms with E-state index in [9.17, 15) is 4.79 Å². The van der Waals surface area contributed by atoms with Gasteiger partial charge in [0.2, 0.25) is 5.91 Å². The molecule has 24 heavy (non-hydrogen) atoms. The summed E-state index contributed by atoms with van der Waals surface area (Å²) < 4.78 is 11.5. The van der Waals surface area contributed by atoms with Gasteiger partial charge in [-0.3, -0.25) is 4.79 Å². The Labute approximate surface area is 146 Å². The van der Waals surface area contributed by atoms with Crippen LogP contribution in [-0.2, 0) is 27.3 Å². The number of rotatable bonds is 6. The van der Waals surface area contributed by atoms with Gasteiger partial charge < -0.3 is 14.8 Å². The maximum absolute atomic E-state index is 12.3. The number of hydrogen-bond acceptors (Lipinski definition) is 5. The standard InChI is InChI=1S/C18H22N2O3S/c1-13-19-15(12-24-13)9-18(21)20-16-11-22-8-7-17(16)23-10-14-5-3-2-4-6-14/h2-6,12,16-17H,7-11H2,1H3,(H,20,21)/t16-,17+/m1/s1. The number of carbonyl (C=O) groups excluding carboxylic acids is 1. The van der Waals surface area contributed by atoms with Crippen LogP contribution in [0.1, 0.15) is 22.7 Å². The summed E-state index contributed by atoms with van der Waals surface area (Å²) in [5.74, 6) is -0.0379. The molecule has 0 unspecified atom stereocenters. The van der Waals surface area contributed by atoms with Gasteiger partial charge >= 0.3 is 0 Å². The third kappa shape index (κ3) is 4.87. The minimum absolute atomic E-state index is 0.0277. The Hall–Kier alpha value is -1.76. The molecule has 3 rings (SSSR count). The minimum atomic E-state index is -0.116. The van der Waals surface area contributed by atoms with E-state index in [2.05, 4.69) is 10.3 Å². The van der Waals surface area contributed by atoms with E-state index in [0.29, 0.717) is 26.2 Å². The molecular formula is C18H22N2O3S. The number of thiazole rings is 1. The lowest BCUT2D eigenvalue weighted by atomic mass is 10.1. The topological polar surface area (TPSA) is 60.5 Å². The molecule has 1 amide bonds. The van der Waals surface area contributed by atoms with Gasteiger partial charge in [0.1, 0.15) is 0 Å². The van der Waals surface area contributed by atoms with Crippen LogP contribution in [0.5, 0.6) is 0 Å². The average molecular weight is 346 g/mol. The number of carbonyl (C=O) groups is 1. The van der Waals surface area contributed by atoms with Crippen molar-refractivity contribution < 1.29 is 14.3 Å². The second-order valence-corrected chi connectivity index (χ2v) is 6.97. The minimum Gasteiger partial charge on any atom is -0.379 e. The van der Waals surface area contributed by atoms with Crippen molar-refractivity contribution >= 4 is 17.2 Å². The van der Waals surface area contributed by atoms with Crippen LogP contribution in [0.25, 0.3) is 0 Å². The van der Waals surface area contributed by atoms with Crippen LogP contribution in [-0.4, -0.2) is 36.3 Å². The van der Waals surface area contributed by atoms with Crippen LogP contribution in [0.3, 0.4) is 0 Å². The SMILES string of the molecule is Cc1nc(CC(=O)N[C@@H]2COCC[C@@H]2OCc2ccccc2)cs1. The summed E-state index contributed by atoms with van der Waals surface area (Å²) in [7, 11) is 0. The number of ether oxygens (including phenoxy) is 2. The highest BCUT2D eigenvalue weighted by atomic mass is 32.1. The fraction of sp³-hybridized carbons (Fsp3) is 0.444. The number of nitrogens with zero attached hydrogens (tertiary/aromatic N) is 1. The van der Waals surface area contributed by atoms with Crippen LogP contribution in [0.2, 0.25) is 0 Å². The van der Waals surface area contributed by atoms with Crippen molar-refractivity contribution in [2.45, 2.75) is 38.5 Å². The van der Waals surface area contributed by atoms with Crippen molar-refractivity contribution in [2.75, 3.05) is 13.2 Å². The Morgan fingerprint density at radius 2 is 2.25 bits per heavy atom. The van der Waals surface area contributed by atoms with Crippen LogP contribution in [0, 0.1) is 6.92 Å². The summed E-state index contributed by atoms with van der Waals surface area (Å²) >= 11 is 1.56. The van der Waals surface area contributed by atoms with Gasteiger partial charge in [-0.15, -0.1) is 11.3 Å². The van der Waals surface area contributed by atoms with Crippen molar-refractivity contribution in [1.82, 2.24) is 10.3 Å². The molecule has 0 bridgehead atoms. The molecule has 0 radical (unpaired) electrons. The summed E-state index contributed by atoms with van der Waals surface area (Å²) in [6.07, 6.45) is 1.06. The largest absolute Gasteiger partial charge is 0.379 e. The molecule has 1 N–H and O–H groups in total. The fourth-order valence-electron chi connectivity index (χ4n) is 2.74. The number of benzene rings is 1. The zero-order valence-electron chi connectivity index (χ0n) is 13.7. The van der Waals surface area contributed by atoms with Crippen molar-refractivity contribution in [2.24, 2.45) is 0 Å². The first-order chi connectivity index (χ1) is 11.7. The van der Waals surface area contributed by atoms with Gasteiger partial charge in [-0.25, -0.2) is 4.98 Å². The van der Waals surface area contributed by atoms with Gasteiger partial charge in [0.25, 0.3) is 0 Å². The number of hydrogen-bond donors (Lipinski definition) is 1. The third-order valence-corrected chi connectivity index (χ3v) is 4.78. The number of nitrogens with one attached hydrogen (secondary N) is 1. The molecule has 128 valence electrons. The fourth-order valence-corrected chi connectivity index (χ4v) is 3.35. The molecule has 1 saturated heterocycles. The van der Waals surface area contributed by atoms with E-state index < -0.39 is 0 Å². The highest BCUT2D eigenvalue weighted by molar-refractivity contribution is 7.09. The summed E-state index contributed by atoms with van der Waals surface area (Å²) in [6.45, 7) is 3.63. The van der Waals surface area contributed by atoms with Crippen molar-refractivity contribution in [3.05, 3.63) is 52.0 Å². The Morgan fingerprint density at radius 1 is 1.42 bits per heavy atom. The molecule has 6 heteroatoms. The zero-order valence-corrected chi connectivity index (χ0v) is 14.6. The molecular weight excluding hydrogens is 324 g/mol. The average Bonchev–Trinajstić information content (AvgIpc) is 3.00. The lowest BCUT2D eigenvalue weighted by Gasteiger charge is -2.32.